The lowest BCUT2D eigenvalue weighted by atomic mass is 10.1. The van der Waals surface area contributed by atoms with Crippen LogP contribution in [0.25, 0.3) is 0 Å². The molecular weight excluding hydrogens is 382 g/mol. The molecule has 2 aromatic carbocycles. The zero-order valence-corrected chi connectivity index (χ0v) is 18.6. The van der Waals surface area contributed by atoms with Crippen LogP contribution in [0, 0.1) is 20.8 Å². The number of hydrogen-bond donors (Lipinski definition) is 2. The molecule has 162 valence electrons. The summed E-state index contributed by atoms with van der Waals surface area (Å²) in [5.41, 5.74) is 4.93. The maximum absolute atomic E-state index is 12.4. The number of carbonyl (C=O) groups excluding carboxylic acids is 2. The molecule has 0 bridgehead atoms. The Morgan fingerprint density at radius 3 is 2.10 bits per heavy atom. The largest absolute Gasteiger partial charge is 0.493 e. The minimum Gasteiger partial charge on any atom is -0.493 e. The van der Waals surface area contributed by atoms with Crippen LogP contribution in [0.15, 0.2) is 30.3 Å². The Bertz CT molecular complexity index is 888. The molecule has 0 fully saturated rings. The van der Waals surface area contributed by atoms with E-state index in [1.165, 1.54) is 0 Å². The number of ether oxygens (including phenoxy) is 2. The van der Waals surface area contributed by atoms with Crippen molar-refractivity contribution in [2.24, 2.45) is 0 Å². The second-order valence-electron chi connectivity index (χ2n) is 7.46. The summed E-state index contributed by atoms with van der Waals surface area (Å²) in [5.74, 6) is 0.931. The molecule has 2 aromatic rings. The molecule has 2 rings (SSSR count). The molecule has 30 heavy (non-hydrogen) atoms. The Morgan fingerprint density at radius 1 is 0.900 bits per heavy atom. The zero-order valence-electron chi connectivity index (χ0n) is 18.6. The van der Waals surface area contributed by atoms with Gasteiger partial charge in [0.1, 0.15) is 0 Å². The van der Waals surface area contributed by atoms with E-state index in [-0.39, 0.29) is 24.9 Å². The van der Waals surface area contributed by atoms with Crippen LogP contribution >= 0.6 is 0 Å². The second kappa shape index (κ2) is 10.6. The first-order valence-electron chi connectivity index (χ1n) is 9.77. The third-order valence-electron chi connectivity index (χ3n) is 4.71. The van der Waals surface area contributed by atoms with E-state index in [1.54, 1.807) is 32.2 Å². The monoisotopic (exact) mass is 413 g/mol. The molecule has 0 saturated carbocycles. The van der Waals surface area contributed by atoms with E-state index >= 15 is 0 Å². The van der Waals surface area contributed by atoms with Gasteiger partial charge in [0.25, 0.3) is 0 Å². The van der Waals surface area contributed by atoms with Crippen molar-refractivity contribution in [1.82, 2.24) is 10.2 Å². The van der Waals surface area contributed by atoms with E-state index in [0.29, 0.717) is 18.0 Å². The minimum atomic E-state index is -0.164. The van der Waals surface area contributed by atoms with E-state index in [1.807, 2.05) is 45.0 Å². The Balaban J connectivity index is 1.84. The van der Waals surface area contributed by atoms with Crippen LogP contribution in [-0.2, 0) is 16.1 Å². The Labute approximate surface area is 178 Å². The van der Waals surface area contributed by atoms with E-state index in [0.717, 1.165) is 27.9 Å². The lowest BCUT2D eigenvalue weighted by Crippen LogP contribution is -2.38. The minimum absolute atomic E-state index is 0.118. The Hall–Kier alpha value is -3.06. The number of hydrogen-bond acceptors (Lipinski definition) is 5. The fraction of sp³-hybridized carbons (Fsp3) is 0.391. The van der Waals surface area contributed by atoms with Gasteiger partial charge in [0.05, 0.1) is 27.3 Å². The SMILES string of the molecule is COc1ccc(CNC(=O)CN(C)CC(=O)Nc2c(C)cc(C)cc2C)cc1OC. The fourth-order valence-corrected chi connectivity index (χ4v) is 3.35. The van der Waals surface area contributed by atoms with E-state index in [2.05, 4.69) is 10.6 Å². The molecule has 0 radical (unpaired) electrons. The number of aryl methyl sites for hydroxylation is 3. The van der Waals surface area contributed by atoms with Gasteiger partial charge in [-0.1, -0.05) is 23.8 Å². The van der Waals surface area contributed by atoms with Crippen molar-refractivity contribution in [2.45, 2.75) is 27.3 Å². The van der Waals surface area contributed by atoms with Crippen molar-refractivity contribution in [3.8, 4) is 11.5 Å². The number of carbonyl (C=O) groups is 2. The lowest BCUT2D eigenvalue weighted by Gasteiger charge is -2.18. The van der Waals surface area contributed by atoms with Gasteiger partial charge in [0.15, 0.2) is 11.5 Å². The quantitative estimate of drug-likeness (QED) is 0.661. The number of nitrogens with one attached hydrogen (secondary N) is 2. The van der Waals surface area contributed by atoms with Crippen molar-refractivity contribution in [3.05, 3.63) is 52.6 Å². The third-order valence-corrected chi connectivity index (χ3v) is 4.71. The zero-order chi connectivity index (χ0) is 22.3. The molecule has 2 N–H and O–H groups in total. The molecule has 0 aliphatic carbocycles. The molecule has 2 amide bonds. The number of likely N-dealkylation sites (N-methyl/N-ethyl adjacent to an activating group) is 1. The van der Waals surface area contributed by atoms with Crippen LogP contribution in [0.3, 0.4) is 0 Å². The predicted octanol–water partition coefficient (Wildman–Crippen LogP) is 2.82. The van der Waals surface area contributed by atoms with E-state index < -0.39 is 0 Å². The molecule has 0 atom stereocenters. The molecule has 0 aliphatic rings. The second-order valence-corrected chi connectivity index (χ2v) is 7.46. The van der Waals surface area contributed by atoms with Gasteiger partial charge in [-0.15, -0.1) is 0 Å². The van der Waals surface area contributed by atoms with Gasteiger partial charge < -0.3 is 20.1 Å². The third kappa shape index (κ3) is 6.49. The Morgan fingerprint density at radius 2 is 1.50 bits per heavy atom. The first-order valence-corrected chi connectivity index (χ1v) is 9.77. The first-order chi connectivity index (χ1) is 14.2. The van der Waals surface area contributed by atoms with Crippen LogP contribution in [0.5, 0.6) is 11.5 Å². The summed E-state index contributed by atoms with van der Waals surface area (Å²) in [7, 11) is 4.89. The van der Waals surface area contributed by atoms with Crippen LogP contribution in [0.2, 0.25) is 0 Å². The van der Waals surface area contributed by atoms with Gasteiger partial charge >= 0.3 is 0 Å². The van der Waals surface area contributed by atoms with Gasteiger partial charge in [-0.3, -0.25) is 14.5 Å². The molecule has 0 heterocycles. The van der Waals surface area contributed by atoms with Crippen molar-refractivity contribution in [2.75, 3.05) is 39.7 Å². The highest BCUT2D eigenvalue weighted by Crippen LogP contribution is 2.27. The number of rotatable bonds is 9. The smallest absolute Gasteiger partial charge is 0.238 e. The maximum atomic E-state index is 12.4. The number of anilines is 1. The summed E-state index contributed by atoms with van der Waals surface area (Å²) < 4.78 is 10.5. The van der Waals surface area contributed by atoms with Crippen molar-refractivity contribution in [1.29, 1.82) is 0 Å². The summed E-state index contributed by atoms with van der Waals surface area (Å²) >= 11 is 0. The molecule has 0 spiro atoms. The van der Waals surface area contributed by atoms with Crippen LogP contribution in [0.4, 0.5) is 5.69 Å². The molecule has 0 unspecified atom stereocenters. The molecule has 0 saturated heterocycles. The van der Waals surface area contributed by atoms with Crippen LogP contribution in [0.1, 0.15) is 22.3 Å². The average molecular weight is 414 g/mol. The number of methoxy groups -OCH3 is 2. The highest BCUT2D eigenvalue weighted by molar-refractivity contribution is 5.94. The number of benzene rings is 2. The predicted molar refractivity (Wildman–Crippen MR) is 118 cm³/mol. The maximum Gasteiger partial charge on any atom is 0.238 e. The number of nitrogens with zero attached hydrogens (tertiary/aromatic N) is 1. The van der Waals surface area contributed by atoms with Crippen LogP contribution < -0.4 is 20.1 Å². The number of amides is 2. The summed E-state index contributed by atoms with van der Waals surface area (Å²) in [6, 6.07) is 9.56. The van der Waals surface area contributed by atoms with E-state index in [4.69, 9.17) is 9.47 Å². The summed E-state index contributed by atoms with van der Waals surface area (Å²) in [4.78, 5) is 26.3. The lowest BCUT2D eigenvalue weighted by molar-refractivity contribution is -0.123. The molecule has 7 nitrogen and oxygen atoms in total. The summed E-state index contributed by atoms with van der Waals surface area (Å²) in [6.07, 6.45) is 0. The van der Waals surface area contributed by atoms with E-state index in [9.17, 15) is 9.59 Å². The standard InChI is InChI=1S/C23H31N3O4/c1-15-9-16(2)23(17(3)10-15)25-22(28)14-26(4)13-21(27)24-12-18-7-8-19(29-5)20(11-18)30-6/h7-11H,12-14H2,1-6H3,(H,24,27)(H,25,28). The van der Waals surface area contributed by atoms with Gasteiger partial charge in [0, 0.05) is 12.2 Å². The molecule has 7 heteroatoms. The summed E-state index contributed by atoms with van der Waals surface area (Å²) in [5, 5.41) is 5.81. The fourth-order valence-electron chi connectivity index (χ4n) is 3.35. The van der Waals surface area contributed by atoms with Gasteiger partial charge in [0.2, 0.25) is 11.8 Å². The van der Waals surface area contributed by atoms with Crippen molar-refractivity contribution < 1.29 is 19.1 Å². The van der Waals surface area contributed by atoms with Crippen molar-refractivity contribution in [3.63, 3.8) is 0 Å². The van der Waals surface area contributed by atoms with Gasteiger partial charge in [-0.05, 0) is 56.6 Å². The normalized spacial score (nSPS) is 10.6. The first kappa shape index (κ1) is 23.2. The van der Waals surface area contributed by atoms with Gasteiger partial charge in [-0.2, -0.15) is 0 Å². The topological polar surface area (TPSA) is 79.9 Å². The van der Waals surface area contributed by atoms with Crippen molar-refractivity contribution >= 4 is 17.5 Å². The average Bonchev–Trinajstić information content (AvgIpc) is 2.68. The van der Waals surface area contributed by atoms with Gasteiger partial charge in [-0.25, -0.2) is 0 Å². The highest BCUT2D eigenvalue weighted by atomic mass is 16.5. The summed E-state index contributed by atoms with van der Waals surface area (Å²) in [6.45, 7) is 6.58. The molecule has 0 aromatic heterocycles. The molecule has 0 aliphatic heterocycles. The van der Waals surface area contributed by atoms with Crippen LogP contribution in [-0.4, -0.2) is 51.1 Å². The molecular formula is C23H31N3O4. The highest BCUT2D eigenvalue weighted by Gasteiger charge is 2.13. The Kier molecular flexibility index (Phi) is 8.24.